The van der Waals surface area contributed by atoms with E-state index in [1.807, 2.05) is 18.7 Å². The van der Waals surface area contributed by atoms with E-state index in [2.05, 4.69) is 16.0 Å². The quantitative estimate of drug-likeness (QED) is 0.655. The Hall–Kier alpha value is -3.77. The highest BCUT2D eigenvalue weighted by Crippen LogP contribution is 2.32. The Kier molecular flexibility index (Phi) is 5.87. The summed E-state index contributed by atoms with van der Waals surface area (Å²) < 4.78 is 14.9. The van der Waals surface area contributed by atoms with Crippen molar-refractivity contribution in [2.45, 2.75) is 32.0 Å². The van der Waals surface area contributed by atoms with E-state index in [1.165, 1.54) is 16.7 Å². The van der Waals surface area contributed by atoms with Crippen LogP contribution in [0.2, 0.25) is 0 Å². The molecule has 8 nitrogen and oxygen atoms in total. The molecular formula is C24H25FN6O2. The minimum atomic E-state index is -0.700. The molecule has 3 heterocycles. The van der Waals surface area contributed by atoms with Gasteiger partial charge in [-0.2, -0.15) is 5.26 Å². The zero-order valence-corrected chi connectivity index (χ0v) is 18.7. The van der Waals surface area contributed by atoms with E-state index in [9.17, 15) is 19.2 Å². The Balaban J connectivity index is 1.73. The van der Waals surface area contributed by atoms with Crippen LogP contribution >= 0.6 is 0 Å². The van der Waals surface area contributed by atoms with Gasteiger partial charge >= 0.3 is 0 Å². The number of hydrogen-bond acceptors (Lipinski definition) is 6. The number of pyridine rings is 2. The zero-order valence-electron chi connectivity index (χ0n) is 18.7. The summed E-state index contributed by atoms with van der Waals surface area (Å²) in [6.07, 6.45) is 0. The number of primary amides is 1. The van der Waals surface area contributed by atoms with Crippen LogP contribution < -0.4 is 16.2 Å². The number of fused-ring (bicyclic) bond motifs is 1. The molecule has 3 aromatic rings. The number of nitrogens with two attached hydrogens (primary N) is 1. The third-order valence-electron chi connectivity index (χ3n) is 6.31. The molecule has 1 saturated heterocycles. The molecule has 1 unspecified atom stereocenters. The monoisotopic (exact) mass is 448 g/mol. The highest BCUT2D eigenvalue weighted by atomic mass is 19.1. The molecular weight excluding hydrogens is 423 g/mol. The van der Waals surface area contributed by atoms with Gasteiger partial charge in [-0.25, -0.2) is 9.37 Å². The number of hydrogen-bond donors (Lipinski definition) is 1. The zero-order chi connectivity index (χ0) is 23.9. The predicted molar refractivity (Wildman–Crippen MR) is 123 cm³/mol. The first-order valence-corrected chi connectivity index (χ1v) is 10.7. The van der Waals surface area contributed by atoms with Crippen LogP contribution in [0.3, 0.4) is 0 Å². The van der Waals surface area contributed by atoms with Gasteiger partial charge in [-0.05, 0) is 43.7 Å². The number of anilines is 1. The fourth-order valence-corrected chi connectivity index (χ4v) is 4.61. The Morgan fingerprint density at radius 1 is 1.18 bits per heavy atom. The minimum absolute atomic E-state index is 0.0913. The Labute approximate surface area is 190 Å². The van der Waals surface area contributed by atoms with Crippen molar-refractivity contribution >= 4 is 22.6 Å². The van der Waals surface area contributed by atoms with Crippen molar-refractivity contribution in [3.8, 4) is 6.07 Å². The number of carbonyl (C=O) groups is 1. The maximum absolute atomic E-state index is 13.4. The molecule has 1 fully saturated rings. The fraction of sp³-hybridized carbons (Fsp3) is 0.333. The third-order valence-corrected chi connectivity index (χ3v) is 6.31. The Morgan fingerprint density at radius 3 is 2.52 bits per heavy atom. The molecule has 0 saturated carbocycles. The molecule has 0 bridgehead atoms. The molecule has 2 aromatic heterocycles. The molecule has 170 valence electrons. The fourth-order valence-electron chi connectivity index (χ4n) is 4.61. The van der Waals surface area contributed by atoms with Gasteiger partial charge in [0.15, 0.2) is 0 Å². The molecule has 0 radical (unpaired) electrons. The summed E-state index contributed by atoms with van der Waals surface area (Å²) in [4.78, 5) is 33.6. The lowest BCUT2D eigenvalue weighted by molar-refractivity contribution is -0.124. The SMILES string of the molecule is C[C@@H]1CN(c2cc(=O)n(C)c3ccc(C#N)nc23)[C@@H](C)CN1C(C(N)=O)c1ccc(F)cc1. The van der Waals surface area contributed by atoms with Crippen LogP contribution in [0.4, 0.5) is 10.1 Å². The first-order valence-electron chi connectivity index (χ1n) is 10.7. The Morgan fingerprint density at radius 2 is 1.88 bits per heavy atom. The number of aromatic nitrogens is 2. The first-order chi connectivity index (χ1) is 15.7. The third kappa shape index (κ3) is 4.05. The topological polar surface area (TPSA) is 108 Å². The van der Waals surface area contributed by atoms with Crippen molar-refractivity contribution in [1.29, 1.82) is 5.26 Å². The second-order valence-electron chi connectivity index (χ2n) is 8.51. The number of benzene rings is 1. The minimum Gasteiger partial charge on any atom is -0.368 e. The number of carbonyl (C=O) groups excluding carboxylic acids is 1. The summed E-state index contributed by atoms with van der Waals surface area (Å²) in [7, 11) is 1.67. The van der Waals surface area contributed by atoms with Crippen molar-refractivity contribution < 1.29 is 9.18 Å². The summed E-state index contributed by atoms with van der Waals surface area (Å²) >= 11 is 0. The van der Waals surface area contributed by atoms with Crippen LogP contribution in [-0.2, 0) is 11.8 Å². The van der Waals surface area contributed by atoms with Gasteiger partial charge in [0.05, 0.1) is 11.2 Å². The average Bonchev–Trinajstić information content (AvgIpc) is 2.79. The van der Waals surface area contributed by atoms with E-state index in [0.717, 1.165) is 0 Å². The molecule has 1 amide bonds. The molecule has 1 aromatic carbocycles. The summed E-state index contributed by atoms with van der Waals surface area (Å²) in [6.45, 7) is 4.97. The smallest absolute Gasteiger partial charge is 0.252 e. The highest BCUT2D eigenvalue weighted by molar-refractivity contribution is 5.89. The van der Waals surface area contributed by atoms with Gasteiger partial charge < -0.3 is 15.2 Å². The molecule has 0 aliphatic carbocycles. The van der Waals surface area contributed by atoms with Crippen LogP contribution in [0, 0.1) is 17.1 Å². The molecule has 4 rings (SSSR count). The highest BCUT2D eigenvalue weighted by Gasteiger charge is 2.37. The molecule has 33 heavy (non-hydrogen) atoms. The summed E-state index contributed by atoms with van der Waals surface area (Å²) in [5.41, 5.74) is 8.36. The number of nitriles is 1. The lowest BCUT2D eigenvalue weighted by atomic mass is 9.98. The average molecular weight is 449 g/mol. The maximum Gasteiger partial charge on any atom is 0.252 e. The van der Waals surface area contributed by atoms with E-state index in [4.69, 9.17) is 5.73 Å². The number of nitrogens with zero attached hydrogens (tertiary/aromatic N) is 5. The van der Waals surface area contributed by atoms with E-state index in [0.29, 0.717) is 35.4 Å². The first kappa shape index (κ1) is 22.4. The lowest BCUT2D eigenvalue weighted by Crippen LogP contribution is -2.59. The van der Waals surface area contributed by atoms with Crippen LogP contribution in [0.25, 0.3) is 11.0 Å². The van der Waals surface area contributed by atoms with Gasteiger partial charge in [-0.1, -0.05) is 12.1 Å². The van der Waals surface area contributed by atoms with E-state index in [1.54, 1.807) is 37.4 Å². The maximum atomic E-state index is 13.4. The molecule has 2 N–H and O–H groups in total. The summed E-state index contributed by atoms with van der Waals surface area (Å²) in [6, 6.07) is 11.8. The molecule has 9 heteroatoms. The lowest BCUT2D eigenvalue weighted by Gasteiger charge is -2.47. The van der Waals surface area contributed by atoms with Gasteiger partial charge in [-0.15, -0.1) is 0 Å². The predicted octanol–water partition coefficient (Wildman–Crippen LogP) is 2.07. The number of amides is 1. The summed E-state index contributed by atoms with van der Waals surface area (Å²) in [5.74, 6) is -0.886. The number of halogens is 1. The molecule has 3 atom stereocenters. The largest absolute Gasteiger partial charge is 0.368 e. The van der Waals surface area contributed by atoms with Crippen molar-refractivity contribution in [3.63, 3.8) is 0 Å². The van der Waals surface area contributed by atoms with Gasteiger partial charge in [-0.3, -0.25) is 14.5 Å². The molecule has 0 spiro atoms. The second-order valence-corrected chi connectivity index (χ2v) is 8.51. The van der Waals surface area contributed by atoms with E-state index < -0.39 is 11.9 Å². The van der Waals surface area contributed by atoms with Crippen LogP contribution in [0.15, 0.2) is 47.3 Å². The van der Waals surface area contributed by atoms with Crippen LogP contribution in [0.5, 0.6) is 0 Å². The van der Waals surface area contributed by atoms with Gasteiger partial charge in [0.2, 0.25) is 5.91 Å². The standard InChI is InChI=1S/C24H25FN6O2/c1-14-13-31(23(24(27)33)16-4-6-17(25)7-5-16)15(2)12-30(14)20-10-21(32)29(3)19-9-8-18(11-26)28-22(19)20/h4-10,14-15,23H,12-13H2,1-3H3,(H2,27,33)/t14-,15+,23?/m0/s1. The number of rotatable bonds is 4. The Bertz CT molecular complexity index is 1310. The van der Waals surface area contributed by atoms with Crippen LogP contribution in [-0.4, -0.2) is 45.5 Å². The van der Waals surface area contributed by atoms with Crippen molar-refractivity contribution in [1.82, 2.24) is 14.5 Å². The van der Waals surface area contributed by atoms with Crippen molar-refractivity contribution in [2.24, 2.45) is 12.8 Å². The molecule has 1 aliphatic rings. The number of piperazine rings is 1. The van der Waals surface area contributed by atoms with Gasteiger partial charge in [0.25, 0.3) is 5.56 Å². The van der Waals surface area contributed by atoms with E-state index in [-0.39, 0.29) is 29.2 Å². The van der Waals surface area contributed by atoms with Crippen LogP contribution in [0.1, 0.15) is 31.1 Å². The normalized spacial score (nSPS) is 19.9. The van der Waals surface area contributed by atoms with Crippen molar-refractivity contribution in [3.05, 3.63) is 69.9 Å². The second kappa shape index (κ2) is 8.64. The van der Waals surface area contributed by atoms with Crippen molar-refractivity contribution in [2.75, 3.05) is 18.0 Å². The molecule has 1 aliphatic heterocycles. The van der Waals surface area contributed by atoms with Gasteiger partial charge in [0.1, 0.15) is 29.1 Å². The summed E-state index contributed by atoms with van der Waals surface area (Å²) in [5, 5.41) is 9.32. The van der Waals surface area contributed by atoms with Gasteiger partial charge in [0, 0.05) is 38.3 Å². The number of aryl methyl sites for hydroxylation is 1. The van der Waals surface area contributed by atoms with E-state index >= 15 is 0 Å².